The Bertz CT molecular complexity index is 1040. The van der Waals surface area contributed by atoms with Crippen LogP contribution in [0.1, 0.15) is 37.5 Å². The van der Waals surface area contributed by atoms with Crippen LogP contribution in [0.25, 0.3) is 11.2 Å². The predicted molar refractivity (Wildman–Crippen MR) is 113 cm³/mol. The first-order valence-electron chi connectivity index (χ1n) is 10.7. The summed E-state index contributed by atoms with van der Waals surface area (Å²) in [7, 11) is 0. The molecule has 0 bridgehead atoms. The lowest BCUT2D eigenvalue weighted by molar-refractivity contribution is -0.0511. The van der Waals surface area contributed by atoms with E-state index < -0.39 is 24.5 Å². The number of nitrogens with one attached hydrogen (secondary N) is 1. The average Bonchev–Trinajstić information content (AvgIpc) is 3.52. The van der Waals surface area contributed by atoms with E-state index in [-0.39, 0.29) is 12.0 Å². The molecule has 1 aliphatic carbocycles. The fourth-order valence-corrected chi connectivity index (χ4v) is 4.94. The number of aliphatic hydroxyl groups is 3. The van der Waals surface area contributed by atoms with Crippen molar-refractivity contribution in [2.75, 3.05) is 18.5 Å². The molecule has 0 radical (unpaired) electrons. The molecule has 2 aromatic heterocycles. The van der Waals surface area contributed by atoms with E-state index in [1.54, 1.807) is 4.57 Å². The summed E-state index contributed by atoms with van der Waals surface area (Å²) in [6.07, 6.45) is 3.51. The first-order chi connectivity index (χ1) is 15.1. The molecule has 0 unspecified atom stereocenters. The summed E-state index contributed by atoms with van der Waals surface area (Å²) in [4.78, 5) is 13.2. The summed E-state index contributed by atoms with van der Waals surface area (Å²) >= 11 is 0. The van der Waals surface area contributed by atoms with Crippen molar-refractivity contribution in [1.82, 2.24) is 19.5 Å². The Hall–Kier alpha value is -2.59. The second kappa shape index (κ2) is 8.16. The van der Waals surface area contributed by atoms with E-state index in [4.69, 9.17) is 4.74 Å². The highest BCUT2D eigenvalue weighted by molar-refractivity contribution is 5.82. The second-order valence-corrected chi connectivity index (χ2v) is 8.48. The van der Waals surface area contributed by atoms with Gasteiger partial charge in [0, 0.05) is 12.0 Å². The van der Waals surface area contributed by atoms with Crippen LogP contribution in [0.15, 0.2) is 43.0 Å². The van der Waals surface area contributed by atoms with Crippen molar-refractivity contribution < 1.29 is 20.1 Å². The van der Waals surface area contributed by atoms with Crippen molar-refractivity contribution in [3.8, 4) is 0 Å². The Balaban J connectivity index is 1.42. The Labute approximate surface area is 179 Å². The number of rotatable bonds is 6. The Morgan fingerprint density at radius 1 is 1.06 bits per heavy atom. The summed E-state index contributed by atoms with van der Waals surface area (Å²) in [6, 6.07) is 10.6. The fraction of sp³-hybridized carbons (Fsp3) is 0.500. The molecular weight excluding hydrogens is 398 g/mol. The molecule has 9 nitrogen and oxygen atoms in total. The molecule has 1 aliphatic heterocycles. The summed E-state index contributed by atoms with van der Waals surface area (Å²) in [5, 5.41) is 33.3. The van der Waals surface area contributed by atoms with Gasteiger partial charge in [0.15, 0.2) is 23.2 Å². The summed E-state index contributed by atoms with van der Waals surface area (Å²) < 4.78 is 7.21. The predicted octanol–water partition coefficient (Wildman–Crippen LogP) is 1.36. The molecule has 3 heterocycles. The highest BCUT2D eigenvalue weighted by Gasteiger charge is 2.44. The van der Waals surface area contributed by atoms with E-state index >= 15 is 0 Å². The second-order valence-electron chi connectivity index (χ2n) is 8.48. The quantitative estimate of drug-likeness (QED) is 0.467. The van der Waals surface area contributed by atoms with E-state index in [2.05, 4.69) is 44.5 Å². The SMILES string of the molecule is OC[C@H]1O[C@@H](n2cnc3c(NCC4(c5ccccc5)CCCC4)ncnc32)[C@H](O)[C@@H]1O. The van der Waals surface area contributed by atoms with Crippen molar-refractivity contribution in [1.29, 1.82) is 0 Å². The van der Waals surface area contributed by atoms with Crippen molar-refractivity contribution in [2.24, 2.45) is 0 Å². The van der Waals surface area contributed by atoms with Gasteiger partial charge in [0.2, 0.25) is 0 Å². The van der Waals surface area contributed by atoms with Gasteiger partial charge in [-0.1, -0.05) is 43.2 Å². The molecule has 3 aromatic rings. The van der Waals surface area contributed by atoms with E-state index in [0.717, 1.165) is 19.4 Å². The molecule has 1 saturated carbocycles. The van der Waals surface area contributed by atoms with Gasteiger partial charge in [-0.3, -0.25) is 4.57 Å². The summed E-state index contributed by atoms with van der Waals surface area (Å²) in [5.41, 5.74) is 2.46. The summed E-state index contributed by atoms with van der Waals surface area (Å²) in [5.74, 6) is 0.623. The van der Waals surface area contributed by atoms with Gasteiger partial charge in [-0.25, -0.2) is 15.0 Å². The van der Waals surface area contributed by atoms with Crippen LogP contribution in [0, 0.1) is 0 Å². The van der Waals surface area contributed by atoms with E-state index in [0.29, 0.717) is 17.0 Å². The minimum absolute atomic E-state index is 0.0598. The monoisotopic (exact) mass is 425 g/mol. The van der Waals surface area contributed by atoms with Crippen LogP contribution in [0.3, 0.4) is 0 Å². The fourth-order valence-electron chi connectivity index (χ4n) is 4.94. The number of hydrogen-bond donors (Lipinski definition) is 4. The van der Waals surface area contributed by atoms with Crippen molar-refractivity contribution in [2.45, 2.75) is 55.6 Å². The van der Waals surface area contributed by atoms with Gasteiger partial charge in [-0.05, 0) is 18.4 Å². The van der Waals surface area contributed by atoms with Gasteiger partial charge >= 0.3 is 0 Å². The first kappa shape index (κ1) is 20.3. The molecule has 1 aromatic carbocycles. The van der Waals surface area contributed by atoms with Gasteiger partial charge in [-0.15, -0.1) is 0 Å². The molecular formula is C22H27N5O4. The molecule has 2 fully saturated rings. The zero-order chi connectivity index (χ0) is 21.4. The van der Waals surface area contributed by atoms with Gasteiger partial charge in [-0.2, -0.15) is 0 Å². The Morgan fingerprint density at radius 3 is 2.55 bits per heavy atom. The van der Waals surface area contributed by atoms with Crippen molar-refractivity contribution in [3.05, 3.63) is 48.5 Å². The molecule has 5 rings (SSSR count). The van der Waals surface area contributed by atoms with Crippen LogP contribution in [-0.4, -0.2) is 66.3 Å². The third-order valence-electron chi connectivity index (χ3n) is 6.69. The van der Waals surface area contributed by atoms with Gasteiger partial charge in [0.25, 0.3) is 0 Å². The number of anilines is 1. The third-order valence-corrected chi connectivity index (χ3v) is 6.69. The number of hydrogen-bond acceptors (Lipinski definition) is 8. The number of aliphatic hydroxyl groups excluding tert-OH is 3. The van der Waals surface area contributed by atoms with Crippen LogP contribution in [0.4, 0.5) is 5.82 Å². The number of nitrogens with zero attached hydrogens (tertiary/aromatic N) is 4. The molecule has 4 N–H and O–H groups in total. The van der Waals surface area contributed by atoms with E-state index in [1.807, 2.05) is 6.07 Å². The third kappa shape index (κ3) is 3.47. The van der Waals surface area contributed by atoms with Gasteiger partial charge in [0.05, 0.1) is 12.9 Å². The minimum atomic E-state index is -1.19. The lowest BCUT2D eigenvalue weighted by Crippen LogP contribution is -2.33. The van der Waals surface area contributed by atoms with Crippen molar-refractivity contribution in [3.63, 3.8) is 0 Å². The maximum Gasteiger partial charge on any atom is 0.167 e. The zero-order valence-electron chi connectivity index (χ0n) is 17.1. The molecule has 31 heavy (non-hydrogen) atoms. The first-order valence-corrected chi connectivity index (χ1v) is 10.7. The lowest BCUT2D eigenvalue weighted by atomic mass is 9.79. The maximum atomic E-state index is 10.4. The smallest absolute Gasteiger partial charge is 0.167 e. The largest absolute Gasteiger partial charge is 0.394 e. The topological polar surface area (TPSA) is 126 Å². The molecule has 2 aliphatic rings. The molecule has 164 valence electrons. The average molecular weight is 425 g/mol. The number of benzene rings is 1. The van der Waals surface area contributed by atoms with Crippen LogP contribution < -0.4 is 5.32 Å². The highest BCUT2D eigenvalue weighted by atomic mass is 16.6. The maximum absolute atomic E-state index is 10.4. The minimum Gasteiger partial charge on any atom is -0.394 e. The Morgan fingerprint density at radius 2 is 1.84 bits per heavy atom. The number of aromatic nitrogens is 4. The molecule has 0 amide bonds. The summed E-state index contributed by atoms with van der Waals surface area (Å²) in [6.45, 7) is 0.356. The zero-order valence-corrected chi connectivity index (χ0v) is 17.1. The van der Waals surface area contributed by atoms with E-state index in [9.17, 15) is 15.3 Å². The molecule has 1 saturated heterocycles. The lowest BCUT2D eigenvalue weighted by Gasteiger charge is -2.30. The van der Waals surface area contributed by atoms with Gasteiger partial charge < -0.3 is 25.4 Å². The highest BCUT2D eigenvalue weighted by Crippen LogP contribution is 2.41. The van der Waals surface area contributed by atoms with Crippen LogP contribution in [-0.2, 0) is 10.2 Å². The molecule has 9 heteroatoms. The Kier molecular flexibility index (Phi) is 5.35. The molecule has 0 spiro atoms. The van der Waals surface area contributed by atoms with Crippen LogP contribution >= 0.6 is 0 Å². The normalized spacial score (nSPS) is 27.7. The van der Waals surface area contributed by atoms with Crippen LogP contribution in [0.5, 0.6) is 0 Å². The van der Waals surface area contributed by atoms with E-state index in [1.165, 1.54) is 31.1 Å². The standard InChI is InChI=1S/C22H27N5O4/c28-10-15-17(29)18(30)21(31-15)27-13-26-16-19(24-12-25-20(16)27)23-11-22(8-4-5-9-22)14-6-2-1-3-7-14/h1-3,6-7,12-13,15,17-18,21,28-30H,4-5,8-11H2,(H,23,24,25)/t15-,17-,18-,21-/m1/s1. The number of imidazole rings is 1. The number of fused-ring (bicyclic) bond motifs is 1. The van der Waals surface area contributed by atoms with Gasteiger partial charge in [0.1, 0.15) is 24.6 Å². The van der Waals surface area contributed by atoms with Crippen molar-refractivity contribution >= 4 is 17.0 Å². The molecule has 4 atom stereocenters. The van der Waals surface area contributed by atoms with Crippen LogP contribution in [0.2, 0.25) is 0 Å². The number of ether oxygens (including phenoxy) is 1.